The normalized spacial score (nSPS) is 22.4. The topological polar surface area (TPSA) is 67.1 Å². The molecule has 0 aliphatic carbocycles. The Kier molecular flexibility index (Phi) is 4.44. The summed E-state index contributed by atoms with van der Waals surface area (Å²) in [4.78, 5) is 8.58. The van der Waals surface area contributed by atoms with Gasteiger partial charge in [0.25, 0.3) is 0 Å². The Bertz CT molecular complexity index is 658. The van der Waals surface area contributed by atoms with Crippen LogP contribution in [0.4, 0.5) is 10.3 Å². The molecule has 2 aromatic heterocycles. The fourth-order valence-corrected chi connectivity index (χ4v) is 2.85. The SMILES string of the molecule is CC(C)Cc1nc(Cl)c2cnc(N[C@@H]3CCNC[C@@H]3F)nn12. The van der Waals surface area contributed by atoms with Gasteiger partial charge in [0.2, 0.25) is 5.95 Å². The summed E-state index contributed by atoms with van der Waals surface area (Å²) in [5.74, 6) is 1.64. The zero-order chi connectivity index (χ0) is 15.7. The van der Waals surface area contributed by atoms with Gasteiger partial charge in [0.15, 0.2) is 5.15 Å². The first-order valence-corrected chi connectivity index (χ1v) is 7.94. The number of nitrogens with zero attached hydrogens (tertiary/aromatic N) is 4. The standard InChI is InChI=1S/C14H20ClFN6/c1-8(2)5-12-20-13(15)11-7-18-14(21-22(11)12)19-10-3-4-17-6-9(10)16/h7-10,17H,3-6H2,1-2H3,(H,19,21)/t9-,10+/m0/s1. The third-order valence-electron chi connectivity index (χ3n) is 3.73. The van der Waals surface area contributed by atoms with Crippen molar-refractivity contribution in [2.45, 2.75) is 38.9 Å². The molecule has 0 bridgehead atoms. The molecule has 0 unspecified atom stereocenters. The minimum absolute atomic E-state index is 0.272. The highest BCUT2D eigenvalue weighted by Crippen LogP contribution is 2.20. The first-order valence-electron chi connectivity index (χ1n) is 7.56. The van der Waals surface area contributed by atoms with Crippen molar-refractivity contribution in [3.63, 3.8) is 0 Å². The maximum absolute atomic E-state index is 13.9. The molecule has 1 fully saturated rings. The number of aromatic nitrogens is 4. The summed E-state index contributed by atoms with van der Waals surface area (Å²) in [7, 11) is 0. The van der Waals surface area contributed by atoms with E-state index in [1.165, 1.54) is 0 Å². The van der Waals surface area contributed by atoms with Crippen molar-refractivity contribution in [3.8, 4) is 0 Å². The molecule has 0 aromatic carbocycles. The largest absolute Gasteiger partial charge is 0.347 e. The minimum atomic E-state index is -0.949. The number of halogens is 2. The summed E-state index contributed by atoms with van der Waals surface area (Å²) in [6, 6.07) is -0.272. The Morgan fingerprint density at radius 2 is 2.36 bits per heavy atom. The molecular formula is C14H20ClFN6. The third-order valence-corrected chi connectivity index (χ3v) is 4.01. The van der Waals surface area contributed by atoms with E-state index in [-0.39, 0.29) is 6.04 Å². The number of hydrogen-bond donors (Lipinski definition) is 2. The van der Waals surface area contributed by atoms with Gasteiger partial charge >= 0.3 is 0 Å². The highest BCUT2D eigenvalue weighted by molar-refractivity contribution is 6.32. The molecule has 2 N–H and O–H groups in total. The summed E-state index contributed by atoms with van der Waals surface area (Å²) < 4.78 is 15.6. The Balaban J connectivity index is 1.87. The van der Waals surface area contributed by atoms with Crippen LogP contribution in [0.5, 0.6) is 0 Å². The zero-order valence-corrected chi connectivity index (χ0v) is 13.4. The van der Waals surface area contributed by atoms with Crippen molar-refractivity contribution in [1.29, 1.82) is 0 Å². The van der Waals surface area contributed by atoms with Crippen LogP contribution in [0.1, 0.15) is 26.1 Å². The maximum atomic E-state index is 13.9. The van der Waals surface area contributed by atoms with Crippen LogP contribution in [0, 0.1) is 5.92 Å². The van der Waals surface area contributed by atoms with Crippen molar-refractivity contribution in [2.75, 3.05) is 18.4 Å². The van der Waals surface area contributed by atoms with Crippen LogP contribution in [-0.2, 0) is 6.42 Å². The third kappa shape index (κ3) is 3.15. The molecule has 1 aliphatic heterocycles. The van der Waals surface area contributed by atoms with E-state index in [1.54, 1.807) is 10.7 Å². The lowest BCUT2D eigenvalue weighted by Gasteiger charge is -2.27. The van der Waals surface area contributed by atoms with Crippen molar-refractivity contribution in [1.82, 2.24) is 24.9 Å². The average molecular weight is 327 g/mol. The number of imidazole rings is 1. The fourth-order valence-electron chi connectivity index (χ4n) is 2.62. The lowest BCUT2D eigenvalue weighted by Crippen LogP contribution is -2.45. The molecule has 0 amide bonds. The summed E-state index contributed by atoms with van der Waals surface area (Å²) in [5.41, 5.74) is 0.671. The Morgan fingerprint density at radius 3 is 3.09 bits per heavy atom. The van der Waals surface area contributed by atoms with Gasteiger partial charge in [0, 0.05) is 13.0 Å². The molecule has 1 aliphatic rings. The predicted octanol–water partition coefficient (Wildman–Crippen LogP) is 2.09. The van der Waals surface area contributed by atoms with Crippen molar-refractivity contribution >= 4 is 23.1 Å². The second-order valence-corrected chi connectivity index (χ2v) is 6.41. The first kappa shape index (κ1) is 15.4. The van der Waals surface area contributed by atoms with Crippen LogP contribution < -0.4 is 10.6 Å². The lowest BCUT2D eigenvalue weighted by atomic mass is 10.1. The maximum Gasteiger partial charge on any atom is 0.241 e. The Hall–Kier alpha value is -1.47. The number of hydrogen-bond acceptors (Lipinski definition) is 5. The zero-order valence-electron chi connectivity index (χ0n) is 12.7. The number of piperidine rings is 1. The number of rotatable bonds is 4. The van der Waals surface area contributed by atoms with Gasteiger partial charge in [-0.1, -0.05) is 25.4 Å². The van der Waals surface area contributed by atoms with Crippen LogP contribution >= 0.6 is 11.6 Å². The van der Waals surface area contributed by atoms with Crippen LogP contribution in [-0.4, -0.2) is 44.9 Å². The molecule has 22 heavy (non-hydrogen) atoms. The van der Waals surface area contributed by atoms with E-state index in [0.29, 0.717) is 35.5 Å². The molecular weight excluding hydrogens is 307 g/mol. The van der Waals surface area contributed by atoms with Gasteiger partial charge < -0.3 is 10.6 Å². The van der Waals surface area contributed by atoms with Gasteiger partial charge in [0.1, 0.15) is 17.5 Å². The molecule has 2 aromatic rings. The monoisotopic (exact) mass is 326 g/mol. The van der Waals surface area contributed by atoms with Gasteiger partial charge in [-0.25, -0.2) is 18.9 Å². The van der Waals surface area contributed by atoms with E-state index < -0.39 is 6.17 Å². The fraction of sp³-hybridized carbons (Fsp3) is 0.643. The second kappa shape index (κ2) is 6.34. The number of fused-ring (bicyclic) bond motifs is 1. The van der Waals surface area contributed by atoms with E-state index in [0.717, 1.165) is 18.8 Å². The van der Waals surface area contributed by atoms with E-state index in [4.69, 9.17) is 11.6 Å². The molecule has 0 saturated carbocycles. The van der Waals surface area contributed by atoms with E-state index in [1.807, 2.05) is 0 Å². The molecule has 3 heterocycles. The quantitative estimate of drug-likeness (QED) is 0.900. The van der Waals surface area contributed by atoms with Gasteiger partial charge in [-0.15, -0.1) is 5.10 Å². The van der Waals surface area contributed by atoms with Gasteiger partial charge in [-0.05, 0) is 18.9 Å². The van der Waals surface area contributed by atoms with Crippen molar-refractivity contribution < 1.29 is 4.39 Å². The van der Waals surface area contributed by atoms with Crippen molar-refractivity contribution in [3.05, 3.63) is 17.2 Å². The van der Waals surface area contributed by atoms with E-state index in [2.05, 4.69) is 39.5 Å². The highest BCUT2D eigenvalue weighted by atomic mass is 35.5. The molecule has 6 nitrogen and oxygen atoms in total. The Labute approximate surface area is 133 Å². The smallest absolute Gasteiger partial charge is 0.241 e. The summed E-state index contributed by atoms with van der Waals surface area (Å²) >= 11 is 6.13. The van der Waals surface area contributed by atoms with Gasteiger partial charge in [-0.2, -0.15) is 0 Å². The molecule has 2 atom stereocenters. The van der Waals surface area contributed by atoms with E-state index >= 15 is 0 Å². The molecule has 0 radical (unpaired) electrons. The van der Waals surface area contributed by atoms with Gasteiger partial charge in [0.05, 0.1) is 12.2 Å². The van der Waals surface area contributed by atoms with Gasteiger partial charge in [-0.3, -0.25) is 0 Å². The molecule has 120 valence electrons. The highest BCUT2D eigenvalue weighted by Gasteiger charge is 2.25. The summed E-state index contributed by atoms with van der Waals surface area (Å²) in [6.45, 7) is 5.36. The van der Waals surface area contributed by atoms with Crippen LogP contribution in [0.2, 0.25) is 5.15 Å². The van der Waals surface area contributed by atoms with E-state index in [9.17, 15) is 4.39 Å². The molecule has 0 spiro atoms. The minimum Gasteiger partial charge on any atom is -0.347 e. The van der Waals surface area contributed by atoms with Crippen molar-refractivity contribution in [2.24, 2.45) is 5.92 Å². The molecule has 1 saturated heterocycles. The van der Waals surface area contributed by atoms with Crippen LogP contribution in [0.25, 0.3) is 5.52 Å². The molecule has 8 heteroatoms. The molecule has 3 rings (SSSR count). The number of alkyl halides is 1. The average Bonchev–Trinajstić information content (AvgIpc) is 2.77. The predicted molar refractivity (Wildman–Crippen MR) is 84.1 cm³/mol. The number of anilines is 1. The second-order valence-electron chi connectivity index (χ2n) is 6.06. The number of nitrogens with one attached hydrogen (secondary N) is 2. The summed E-state index contributed by atoms with van der Waals surface area (Å²) in [6.07, 6.45) is 2.15. The Morgan fingerprint density at radius 1 is 1.55 bits per heavy atom. The van der Waals surface area contributed by atoms with Crippen LogP contribution in [0.15, 0.2) is 6.20 Å². The van der Waals surface area contributed by atoms with Crippen LogP contribution in [0.3, 0.4) is 0 Å². The lowest BCUT2D eigenvalue weighted by molar-refractivity contribution is 0.244. The first-order chi connectivity index (χ1) is 10.5. The summed E-state index contributed by atoms with van der Waals surface area (Å²) in [5, 5.41) is 10.9.